The molecule has 2 rings (SSSR count). The smallest absolute Gasteiger partial charge is 0.124 e. The topological polar surface area (TPSA) is 32.3 Å². The Morgan fingerprint density at radius 2 is 2.06 bits per heavy atom. The SMILES string of the molecule is OC1(CNc2ccc(F)cc2I)CCCC1. The van der Waals surface area contributed by atoms with Crippen LogP contribution in [0.3, 0.4) is 0 Å². The fraction of sp³-hybridized carbons (Fsp3) is 0.500. The van der Waals surface area contributed by atoms with E-state index in [0.717, 1.165) is 34.9 Å². The molecule has 1 aromatic rings. The van der Waals surface area contributed by atoms with E-state index < -0.39 is 5.60 Å². The van der Waals surface area contributed by atoms with Gasteiger partial charge in [-0.25, -0.2) is 4.39 Å². The van der Waals surface area contributed by atoms with Crippen LogP contribution in [-0.2, 0) is 0 Å². The predicted octanol–water partition coefficient (Wildman–Crippen LogP) is 3.15. The number of benzene rings is 1. The Labute approximate surface area is 108 Å². The molecule has 1 aromatic carbocycles. The minimum absolute atomic E-state index is 0.227. The zero-order valence-electron chi connectivity index (χ0n) is 8.97. The third-order valence-electron chi connectivity index (χ3n) is 3.07. The second-order valence-corrected chi connectivity index (χ2v) is 5.57. The molecule has 1 aliphatic carbocycles. The van der Waals surface area contributed by atoms with Crippen LogP contribution in [0.4, 0.5) is 10.1 Å². The summed E-state index contributed by atoms with van der Waals surface area (Å²) in [5, 5.41) is 13.4. The van der Waals surface area contributed by atoms with Gasteiger partial charge in [0, 0.05) is 15.8 Å². The van der Waals surface area contributed by atoms with E-state index >= 15 is 0 Å². The molecule has 0 heterocycles. The fourth-order valence-corrected chi connectivity index (χ4v) is 2.77. The molecule has 1 saturated carbocycles. The van der Waals surface area contributed by atoms with Gasteiger partial charge < -0.3 is 10.4 Å². The first kappa shape index (κ1) is 12.1. The lowest BCUT2D eigenvalue weighted by molar-refractivity contribution is 0.0614. The van der Waals surface area contributed by atoms with Gasteiger partial charge in [0.1, 0.15) is 5.82 Å². The first-order valence-corrected chi connectivity index (χ1v) is 6.58. The van der Waals surface area contributed by atoms with Gasteiger partial charge in [-0.1, -0.05) is 12.8 Å². The largest absolute Gasteiger partial charge is 0.388 e. The Balaban J connectivity index is 1.99. The van der Waals surface area contributed by atoms with E-state index in [-0.39, 0.29) is 5.82 Å². The lowest BCUT2D eigenvalue weighted by atomic mass is 10.0. The summed E-state index contributed by atoms with van der Waals surface area (Å²) < 4.78 is 13.7. The number of hydrogen-bond donors (Lipinski definition) is 2. The van der Waals surface area contributed by atoms with Crippen molar-refractivity contribution in [3.05, 3.63) is 27.6 Å². The van der Waals surface area contributed by atoms with Crippen LogP contribution in [0.5, 0.6) is 0 Å². The van der Waals surface area contributed by atoms with Gasteiger partial charge >= 0.3 is 0 Å². The average Bonchev–Trinajstić information content (AvgIpc) is 2.64. The zero-order valence-corrected chi connectivity index (χ0v) is 11.1. The maximum Gasteiger partial charge on any atom is 0.124 e. The maximum absolute atomic E-state index is 12.9. The van der Waals surface area contributed by atoms with Crippen molar-refractivity contribution in [2.45, 2.75) is 31.3 Å². The molecule has 0 unspecified atom stereocenters. The van der Waals surface area contributed by atoms with Crippen LogP contribution >= 0.6 is 22.6 Å². The molecule has 0 aromatic heterocycles. The summed E-state index contributed by atoms with van der Waals surface area (Å²) in [7, 11) is 0. The molecule has 0 bridgehead atoms. The van der Waals surface area contributed by atoms with E-state index in [1.165, 1.54) is 12.1 Å². The van der Waals surface area contributed by atoms with Gasteiger partial charge in [-0.15, -0.1) is 0 Å². The van der Waals surface area contributed by atoms with Crippen molar-refractivity contribution in [1.29, 1.82) is 0 Å². The molecule has 2 nitrogen and oxygen atoms in total. The molecule has 2 N–H and O–H groups in total. The van der Waals surface area contributed by atoms with Crippen molar-refractivity contribution in [2.24, 2.45) is 0 Å². The van der Waals surface area contributed by atoms with Gasteiger partial charge in [-0.05, 0) is 53.6 Å². The Hall–Kier alpha value is -0.360. The van der Waals surface area contributed by atoms with Crippen molar-refractivity contribution in [1.82, 2.24) is 0 Å². The van der Waals surface area contributed by atoms with Crippen molar-refractivity contribution < 1.29 is 9.50 Å². The highest BCUT2D eigenvalue weighted by molar-refractivity contribution is 14.1. The van der Waals surface area contributed by atoms with E-state index in [0.29, 0.717) is 6.54 Å². The molecule has 0 radical (unpaired) electrons. The van der Waals surface area contributed by atoms with Crippen molar-refractivity contribution in [3.8, 4) is 0 Å². The minimum atomic E-state index is -0.572. The van der Waals surface area contributed by atoms with Crippen LogP contribution < -0.4 is 5.32 Å². The summed E-state index contributed by atoms with van der Waals surface area (Å²) in [6.07, 6.45) is 3.91. The predicted molar refractivity (Wildman–Crippen MR) is 71.0 cm³/mol. The number of rotatable bonds is 3. The second-order valence-electron chi connectivity index (χ2n) is 4.41. The number of aliphatic hydroxyl groups is 1. The number of nitrogens with one attached hydrogen (secondary N) is 1. The minimum Gasteiger partial charge on any atom is -0.388 e. The van der Waals surface area contributed by atoms with Crippen LogP contribution in [0.1, 0.15) is 25.7 Å². The molecule has 88 valence electrons. The molecule has 1 aliphatic rings. The van der Waals surface area contributed by atoms with Gasteiger partial charge in [-0.3, -0.25) is 0 Å². The first-order valence-electron chi connectivity index (χ1n) is 5.50. The molecule has 0 amide bonds. The van der Waals surface area contributed by atoms with E-state index in [2.05, 4.69) is 27.9 Å². The van der Waals surface area contributed by atoms with E-state index in [9.17, 15) is 9.50 Å². The summed E-state index contributed by atoms with van der Waals surface area (Å²) in [5.74, 6) is -0.227. The van der Waals surface area contributed by atoms with E-state index in [1.54, 1.807) is 6.07 Å². The molecule has 1 fully saturated rings. The number of halogens is 2. The zero-order chi connectivity index (χ0) is 11.6. The Kier molecular flexibility index (Phi) is 3.69. The standard InChI is InChI=1S/C12H15FINO/c13-9-3-4-11(10(14)7-9)15-8-12(16)5-1-2-6-12/h3-4,7,15-16H,1-2,5-6,8H2. The summed E-state index contributed by atoms with van der Waals surface area (Å²) in [6, 6.07) is 4.64. The average molecular weight is 335 g/mol. The third-order valence-corrected chi connectivity index (χ3v) is 3.97. The monoisotopic (exact) mass is 335 g/mol. The fourth-order valence-electron chi connectivity index (χ4n) is 2.10. The molecule has 0 atom stereocenters. The molecule has 16 heavy (non-hydrogen) atoms. The third kappa shape index (κ3) is 2.85. The highest BCUT2D eigenvalue weighted by Gasteiger charge is 2.30. The molecular weight excluding hydrogens is 320 g/mol. The highest BCUT2D eigenvalue weighted by Crippen LogP contribution is 2.30. The van der Waals surface area contributed by atoms with Crippen LogP contribution in [0.25, 0.3) is 0 Å². The Morgan fingerprint density at radius 1 is 1.38 bits per heavy atom. The molecule has 4 heteroatoms. The van der Waals surface area contributed by atoms with Gasteiger partial charge in [-0.2, -0.15) is 0 Å². The van der Waals surface area contributed by atoms with E-state index in [4.69, 9.17) is 0 Å². The number of hydrogen-bond acceptors (Lipinski definition) is 2. The maximum atomic E-state index is 12.9. The Morgan fingerprint density at radius 3 is 2.69 bits per heavy atom. The number of anilines is 1. The van der Waals surface area contributed by atoms with Crippen LogP contribution in [0.2, 0.25) is 0 Å². The van der Waals surface area contributed by atoms with Gasteiger partial charge in [0.2, 0.25) is 0 Å². The molecular formula is C12H15FINO. The van der Waals surface area contributed by atoms with Gasteiger partial charge in [0.05, 0.1) is 5.60 Å². The lowest BCUT2D eigenvalue weighted by Crippen LogP contribution is -2.33. The van der Waals surface area contributed by atoms with Crippen molar-refractivity contribution >= 4 is 28.3 Å². The van der Waals surface area contributed by atoms with Crippen molar-refractivity contribution in [2.75, 3.05) is 11.9 Å². The van der Waals surface area contributed by atoms with Crippen LogP contribution in [0.15, 0.2) is 18.2 Å². The first-order chi connectivity index (χ1) is 7.59. The lowest BCUT2D eigenvalue weighted by Gasteiger charge is -2.23. The Bertz CT molecular complexity index is 377. The van der Waals surface area contributed by atoms with E-state index in [1.807, 2.05) is 0 Å². The summed E-state index contributed by atoms with van der Waals surface area (Å²) in [5.41, 5.74) is 0.319. The van der Waals surface area contributed by atoms with Crippen LogP contribution in [0, 0.1) is 9.39 Å². The van der Waals surface area contributed by atoms with Crippen molar-refractivity contribution in [3.63, 3.8) is 0 Å². The van der Waals surface area contributed by atoms with Gasteiger partial charge in [0.15, 0.2) is 0 Å². The molecule has 0 saturated heterocycles. The second kappa shape index (κ2) is 4.87. The summed E-state index contributed by atoms with van der Waals surface area (Å²) in [6.45, 7) is 0.550. The van der Waals surface area contributed by atoms with Gasteiger partial charge in [0.25, 0.3) is 0 Å². The normalized spacial score (nSPS) is 18.7. The molecule has 0 spiro atoms. The quantitative estimate of drug-likeness (QED) is 0.832. The highest BCUT2D eigenvalue weighted by atomic mass is 127. The summed E-state index contributed by atoms with van der Waals surface area (Å²) >= 11 is 2.09. The molecule has 0 aliphatic heterocycles. The van der Waals surface area contributed by atoms with Crippen LogP contribution in [-0.4, -0.2) is 17.3 Å². The summed E-state index contributed by atoms with van der Waals surface area (Å²) in [4.78, 5) is 0.